The number of rotatable bonds is 0. The summed E-state index contributed by atoms with van der Waals surface area (Å²) in [4.78, 5) is 0. The molecule has 0 saturated carbocycles. The number of aryl methyl sites for hydroxylation is 1. The van der Waals surface area contributed by atoms with Gasteiger partial charge in [-0.1, -0.05) is 12.1 Å². The van der Waals surface area contributed by atoms with E-state index in [1.807, 2.05) is 0 Å². The molecule has 0 aliphatic carbocycles. The van der Waals surface area contributed by atoms with Gasteiger partial charge in [0, 0.05) is 29.1 Å². The summed E-state index contributed by atoms with van der Waals surface area (Å²) in [5.74, 6) is 0. The average Bonchev–Trinajstić information content (AvgIpc) is 2.37. The molecule has 2 aromatic heterocycles. The van der Waals surface area contributed by atoms with Crippen molar-refractivity contribution >= 4 is 23.7 Å². The van der Waals surface area contributed by atoms with E-state index >= 15 is 0 Å². The van der Waals surface area contributed by atoms with Gasteiger partial charge in [0.05, 0.1) is 0 Å². The molecule has 20 heavy (non-hydrogen) atoms. The molecule has 104 valence electrons. The topological polar surface area (TPSA) is 4.10 Å². The van der Waals surface area contributed by atoms with Crippen molar-refractivity contribution in [2.24, 2.45) is 0 Å². The molecule has 0 fully saturated rings. The minimum atomic E-state index is -6.00. The van der Waals surface area contributed by atoms with Crippen LogP contribution in [0.4, 0.5) is 17.3 Å². The summed E-state index contributed by atoms with van der Waals surface area (Å²) in [6.07, 6.45) is 2.12. The Kier molecular flexibility index (Phi) is 3.92. The second-order valence-electron chi connectivity index (χ2n) is 4.34. The Hall–Kier alpha value is -2.11. The zero-order valence-corrected chi connectivity index (χ0v) is 10.7. The first-order valence-corrected chi connectivity index (χ1v) is 6.02. The van der Waals surface area contributed by atoms with Crippen LogP contribution in [0.2, 0.25) is 0 Å². The molecule has 0 saturated heterocycles. The first-order chi connectivity index (χ1) is 9.36. The second-order valence-corrected chi connectivity index (χ2v) is 4.34. The Morgan fingerprint density at radius 2 is 1.40 bits per heavy atom. The summed E-state index contributed by atoms with van der Waals surface area (Å²) in [6.45, 7) is 2.15. The maximum absolute atomic E-state index is 9.75. The van der Waals surface area contributed by atoms with E-state index < -0.39 is 7.25 Å². The minimum Gasteiger partial charge on any atom is -0.418 e. The molecule has 3 aromatic rings. The van der Waals surface area contributed by atoms with Gasteiger partial charge < -0.3 is 17.3 Å². The fraction of sp³-hybridized carbons (Fsp3) is 0.0714. The lowest BCUT2D eigenvalue weighted by Gasteiger charge is -1.99. The molecule has 0 radical (unpaired) electrons. The molecule has 0 atom stereocenters. The Morgan fingerprint density at radius 1 is 0.850 bits per heavy atom. The third-order valence-corrected chi connectivity index (χ3v) is 2.83. The molecule has 2 heterocycles. The van der Waals surface area contributed by atoms with Crippen molar-refractivity contribution in [2.75, 3.05) is 0 Å². The van der Waals surface area contributed by atoms with E-state index in [4.69, 9.17) is 0 Å². The molecule has 0 aliphatic rings. The Balaban J connectivity index is 0.000000257. The lowest BCUT2D eigenvalue weighted by atomic mass is 10.1. The van der Waals surface area contributed by atoms with E-state index in [2.05, 4.69) is 66.1 Å². The first-order valence-electron chi connectivity index (χ1n) is 6.02. The van der Waals surface area contributed by atoms with Crippen molar-refractivity contribution in [3.63, 3.8) is 0 Å². The van der Waals surface area contributed by atoms with Gasteiger partial charge in [0.2, 0.25) is 11.0 Å². The van der Waals surface area contributed by atoms with Gasteiger partial charge >= 0.3 is 7.25 Å². The number of fused-ring (bicyclic) bond motifs is 3. The fourth-order valence-electron chi connectivity index (χ4n) is 2.11. The van der Waals surface area contributed by atoms with Crippen LogP contribution in [0.5, 0.6) is 0 Å². The maximum atomic E-state index is 9.75. The van der Waals surface area contributed by atoms with Crippen molar-refractivity contribution in [2.45, 2.75) is 6.92 Å². The highest BCUT2D eigenvalue weighted by Crippen LogP contribution is 2.14. The highest BCUT2D eigenvalue weighted by atomic mass is 19.5. The third kappa shape index (κ3) is 3.47. The molecule has 0 spiro atoms. The number of hydrogen-bond donors (Lipinski definition) is 0. The van der Waals surface area contributed by atoms with Crippen LogP contribution in [0.25, 0.3) is 16.4 Å². The summed E-state index contributed by atoms with van der Waals surface area (Å²) >= 11 is 0. The summed E-state index contributed by atoms with van der Waals surface area (Å²) in [5.41, 5.74) is 3.85. The number of aromatic nitrogens is 1. The van der Waals surface area contributed by atoms with E-state index in [1.54, 1.807) is 0 Å². The van der Waals surface area contributed by atoms with Crippen molar-refractivity contribution in [3.05, 3.63) is 60.3 Å². The summed E-state index contributed by atoms with van der Waals surface area (Å²) in [7, 11) is -6.00. The van der Waals surface area contributed by atoms with Gasteiger partial charge in [-0.3, -0.25) is 0 Å². The van der Waals surface area contributed by atoms with E-state index in [-0.39, 0.29) is 0 Å². The predicted octanol–water partition coefficient (Wildman–Crippen LogP) is 4.19. The minimum absolute atomic E-state index is 1.26. The molecule has 6 heteroatoms. The summed E-state index contributed by atoms with van der Waals surface area (Å²) in [5, 5.41) is 1.29. The lowest BCUT2D eigenvalue weighted by molar-refractivity contribution is -0.482. The smallest absolute Gasteiger partial charge is 0.418 e. The van der Waals surface area contributed by atoms with E-state index in [0.717, 1.165) is 0 Å². The summed E-state index contributed by atoms with van der Waals surface area (Å²) < 4.78 is 41.2. The molecular formula is C14H12BF4N. The zero-order chi connectivity index (χ0) is 14.8. The normalized spacial score (nSPS) is 11.2. The van der Waals surface area contributed by atoms with Crippen LogP contribution in [-0.2, 0) is 0 Å². The Morgan fingerprint density at radius 3 is 2.10 bits per heavy atom. The predicted molar refractivity (Wildman–Crippen MR) is 72.0 cm³/mol. The molecule has 0 unspecified atom stereocenters. The molecular weight excluding hydrogens is 269 g/mol. The van der Waals surface area contributed by atoms with Gasteiger partial charge in [0.25, 0.3) is 0 Å². The van der Waals surface area contributed by atoms with E-state index in [0.29, 0.717) is 0 Å². The second kappa shape index (κ2) is 5.49. The SMILES string of the molecule is Cc1cc2ccccc2[n+]2ccccc12.F[B-](F)(F)F. The molecule has 1 aromatic carbocycles. The van der Waals surface area contributed by atoms with Gasteiger partial charge in [-0.05, 0) is 25.1 Å². The maximum Gasteiger partial charge on any atom is 0.673 e. The van der Waals surface area contributed by atoms with E-state index in [1.165, 1.54) is 22.0 Å². The number of hydrogen-bond acceptors (Lipinski definition) is 0. The largest absolute Gasteiger partial charge is 0.673 e. The van der Waals surface area contributed by atoms with Crippen LogP contribution in [0.3, 0.4) is 0 Å². The standard InChI is InChI=1S/C14H12N.BF4/c1-11-10-12-6-2-3-8-14(12)15-9-5-4-7-13(11)15;2-1(3,4)5/h2-10H,1H3;/q+1;-1. The highest BCUT2D eigenvalue weighted by molar-refractivity contribution is 6.50. The van der Waals surface area contributed by atoms with Gasteiger partial charge in [0.15, 0.2) is 6.20 Å². The molecule has 3 rings (SSSR count). The number of para-hydroxylation sites is 1. The van der Waals surface area contributed by atoms with Crippen LogP contribution in [0.15, 0.2) is 54.7 Å². The van der Waals surface area contributed by atoms with Gasteiger partial charge in [-0.2, -0.15) is 4.40 Å². The highest BCUT2D eigenvalue weighted by Gasteiger charge is 2.20. The molecule has 0 bridgehead atoms. The number of benzene rings is 1. The number of halogens is 4. The molecule has 0 aliphatic heterocycles. The van der Waals surface area contributed by atoms with Gasteiger partial charge in [0.1, 0.15) is 0 Å². The van der Waals surface area contributed by atoms with E-state index in [9.17, 15) is 17.3 Å². The van der Waals surface area contributed by atoms with Crippen molar-refractivity contribution in [1.29, 1.82) is 0 Å². The Labute approximate surface area is 113 Å². The average molecular weight is 281 g/mol. The third-order valence-electron chi connectivity index (χ3n) is 2.83. The van der Waals surface area contributed by atoms with Crippen LogP contribution < -0.4 is 4.40 Å². The van der Waals surface area contributed by atoms with Crippen LogP contribution >= 0.6 is 0 Å². The van der Waals surface area contributed by atoms with Gasteiger partial charge in [-0.25, -0.2) is 0 Å². The molecule has 1 nitrogen and oxygen atoms in total. The van der Waals surface area contributed by atoms with Gasteiger partial charge in [-0.15, -0.1) is 0 Å². The quantitative estimate of drug-likeness (QED) is 0.252. The van der Waals surface area contributed by atoms with Crippen LogP contribution in [0, 0.1) is 6.92 Å². The zero-order valence-electron chi connectivity index (χ0n) is 10.7. The fourth-order valence-corrected chi connectivity index (χ4v) is 2.11. The molecule has 0 amide bonds. The lowest BCUT2D eigenvalue weighted by Crippen LogP contribution is -2.22. The van der Waals surface area contributed by atoms with Crippen LogP contribution in [0.1, 0.15) is 5.56 Å². The first kappa shape index (κ1) is 14.3. The Bertz CT molecular complexity index is 734. The van der Waals surface area contributed by atoms with Crippen molar-refractivity contribution in [1.82, 2.24) is 0 Å². The summed E-state index contributed by atoms with van der Waals surface area (Å²) in [6, 6.07) is 17.0. The number of pyridine rings is 2. The number of nitrogens with zero attached hydrogens (tertiary/aromatic N) is 1. The van der Waals surface area contributed by atoms with Crippen molar-refractivity contribution < 1.29 is 21.7 Å². The monoisotopic (exact) mass is 281 g/mol. The van der Waals surface area contributed by atoms with Crippen molar-refractivity contribution in [3.8, 4) is 0 Å². The van der Waals surface area contributed by atoms with Crippen LogP contribution in [-0.4, -0.2) is 7.25 Å². The molecule has 0 N–H and O–H groups in total.